The number of alkyl halides is 2. The Hall–Kier alpha value is -2.49. The van der Waals surface area contributed by atoms with E-state index < -0.39 is 34.4 Å². The molecular weight excluding hydrogens is 387 g/mol. The topological polar surface area (TPSA) is 98.8 Å². The maximum Gasteiger partial charge on any atom is 0.354 e. The third-order valence-electron chi connectivity index (χ3n) is 6.83. The number of rotatable bonds is 3. The summed E-state index contributed by atoms with van der Waals surface area (Å²) < 4.78 is 44.1. The van der Waals surface area contributed by atoms with Gasteiger partial charge in [0.05, 0.1) is 22.9 Å². The maximum atomic E-state index is 15.1. The molecule has 1 aliphatic heterocycles. The summed E-state index contributed by atoms with van der Waals surface area (Å²) >= 11 is 0. The standard InChI is InChI=1S/C19H22F3N5O2/c1-9-14(25-5-4-11(6-25)18(23)8-19(18,21)22)12(20)7-26-15(9)13(10-2-3-10)16(28)27(24)17(26)29/h7,10-11H,2-6,8,23-24H2,1H3. The van der Waals surface area contributed by atoms with Crippen LogP contribution in [-0.4, -0.2) is 33.6 Å². The lowest BCUT2D eigenvalue weighted by Crippen LogP contribution is -2.44. The second-order valence-corrected chi connectivity index (χ2v) is 8.67. The van der Waals surface area contributed by atoms with Crippen LogP contribution in [0.25, 0.3) is 5.52 Å². The third kappa shape index (κ3) is 2.41. The Morgan fingerprint density at radius 1 is 1.21 bits per heavy atom. The van der Waals surface area contributed by atoms with Crippen molar-refractivity contribution in [3.8, 4) is 0 Å². The fourth-order valence-corrected chi connectivity index (χ4v) is 4.91. The van der Waals surface area contributed by atoms with Gasteiger partial charge in [0.2, 0.25) is 0 Å². The molecule has 2 saturated carbocycles. The number of nitrogen functional groups attached to an aromatic ring is 1. The average molecular weight is 409 g/mol. The highest BCUT2D eigenvalue weighted by atomic mass is 19.3. The highest BCUT2D eigenvalue weighted by Gasteiger charge is 2.72. The normalized spacial score (nSPS) is 28.3. The Labute approximate surface area is 163 Å². The number of aryl methyl sites for hydroxylation is 1. The quantitative estimate of drug-likeness (QED) is 0.739. The van der Waals surface area contributed by atoms with Gasteiger partial charge in [0.1, 0.15) is 0 Å². The van der Waals surface area contributed by atoms with Crippen LogP contribution in [0.5, 0.6) is 0 Å². The number of fused-ring (bicyclic) bond motifs is 1. The van der Waals surface area contributed by atoms with Crippen molar-refractivity contribution < 1.29 is 13.2 Å². The second-order valence-electron chi connectivity index (χ2n) is 8.67. The van der Waals surface area contributed by atoms with Gasteiger partial charge >= 0.3 is 5.69 Å². The third-order valence-corrected chi connectivity index (χ3v) is 6.83. The highest BCUT2D eigenvalue weighted by Crippen LogP contribution is 2.57. The molecule has 2 aromatic heterocycles. The molecule has 2 unspecified atom stereocenters. The van der Waals surface area contributed by atoms with E-state index >= 15 is 4.39 Å². The van der Waals surface area contributed by atoms with E-state index in [0.29, 0.717) is 34.3 Å². The molecule has 2 aliphatic carbocycles. The summed E-state index contributed by atoms with van der Waals surface area (Å²) in [7, 11) is 0. The number of hydrogen-bond donors (Lipinski definition) is 2. The van der Waals surface area contributed by atoms with Crippen molar-refractivity contribution in [3.05, 3.63) is 44.0 Å². The van der Waals surface area contributed by atoms with Crippen molar-refractivity contribution in [1.29, 1.82) is 0 Å². The lowest BCUT2D eigenvalue weighted by molar-refractivity contribution is 0.0751. The Balaban J connectivity index is 1.65. The van der Waals surface area contributed by atoms with Gasteiger partial charge in [-0.05, 0) is 32.1 Å². The van der Waals surface area contributed by atoms with Gasteiger partial charge in [-0.1, -0.05) is 0 Å². The van der Waals surface area contributed by atoms with Crippen LogP contribution in [0, 0.1) is 18.7 Å². The predicted octanol–water partition coefficient (Wildman–Crippen LogP) is 1.06. The molecule has 2 atom stereocenters. The first-order chi connectivity index (χ1) is 13.6. The van der Waals surface area contributed by atoms with Gasteiger partial charge in [0.25, 0.3) is 11.5 Å². The molecule has 4 N–H and O–H groups in total. The first-order valence-electron chi connectivity index (χ1n) is 9.74. The minimum atomic E-state index is -2.89. The van der Waals surface area contributed by atoms with Crippen LogP contribution in [-0.2, 0) is 0 Å². The summed E-state index contributed by atoms with van der Waals surface area (Å²) in [4.78, 5) is 26.8. The lowest BCUT2D eigenvalue weighted by atomic mass is 9.97. The Morgan fingerprint density at radius 2 is 1.86 bits per heavy atom. The summed E-state index contributed by atoms with van der Waals surface area (Å²) in [5.74, 6) is 1.61. The monoisotopic (exact) mass is 409 g/mol. The van der Waals surface area contributed by atoms with Gasteiger partial charge in [-0.3, -0.25) is 9.20 Å². The minimum Gasteiger partial charge on any atom is -0.368 e. The van der Waals surface area contributed by atoms with E-state index in [1.807, 2.05) is 0 Å². The van der Waals surface area contributed by atoms with E-state index in [4.69, 9.17) is 11.6 Å². The van der Waals surface area contributed by atoms with Crippen LogP contribution in [0.15, 0.2) is 15.8 Å². The number of nitrogens with two attached hydrogens (primary N) is 2. The van der Waals surface area contributed by atoms with Crippen molar-refractivity contribution in [3.63, 3.8) is 0 Å². The zero-order valence-corrected chi connectivity index (χ0v) is 15.9. The lowest BCUT2D eigenvalue weighted by Gasteiger charge is -2.25. The van der Waals surface area contributed by atoms with Gasteiger partial charge in [-0.15, -0.1) is 0 Å². The first-order valence-corrected chi connectivity index (χ1v) is 9.74. The zero-order valence-electron chi connectivity index (χ0n) is 15.9. The summed E-state index contributed by atoms with van der Waals surface area (Å²) in [5, 5.41) is 0. The molecule has 0 radical (unpaired) electrons. The van der Waals surface area contributed by atoms with Crippen LogP contribution < -0.4 is 27.7 Å². The Bertz CT molecular complexity index is 1170. The van der Waals surface area contributed by atoms with Crippen molar-refractivity contribution >= 4 is 11.2 Å². The molecule has 1 saturated heterocycles. The van der Waals surface area contributed by atoms with Crippen molar-refractivity contribution in [2.24, 2.45) is 11.7 Å². The Kier molecular flexibility index (Phi) is 3.55. The second kappa shape index (κ2) is 5.56. The molecule has 3 fully saturated rings. The molecule has 0 amide bonds. The largest absolute Gasteiger partial charge is 0.368 e. The van der Waals surface area contributed by atoms with Gasteiger partial charge < -0.3 is 16.5 Å². The fraction of sp³-hybridized carbons (Fsp3) is 0.579. The Morgan fingerprint density at radius 3 is 2.45 bits per heavy atom. The number of anilines is 1. The highest BCUT2D eigenvalue weighted by molar-refractivity contribution is 5.72. The van der Waals surface area contributed by atoms with E-state index in [1.54, 1.807) is 11.8 Å². The van der Waals surface area contributed by atoms with Gasteiger partial charge in [0, 0.05) is 36.6 Å². The molecule has 3 aliphatic rings. The zero-order chi connectivity index (χ0) is 20.9. The van der Waals surface area contributed by atoms with Crippen molar-refractivity contribution in [2.75, 3.05) is 23.8 Å². The van der Waals surface area contributed by atoms with E-state index in [0.717, 1.165) is 23.4 Å². The molecule has 3 heterocycles. The van der Waals surface area contributed by atoms with Crippen LogP contribution >= 0.6 is 0 Å². The number of hydrogen-bond acceptors (Lipinski definition) is 5. The number of halogens is 3. The van der Waals surface area contributed by atoms with Crippen LogP contribution in [0.2, 0.25) is 0 Å². The molecule has 0 spiro atoms. The van der Waals surface area contributed by atoms with Crippen LogP contribution in [0.1, 0.15) is 42.7 Å². The number of nitrogens with zero attached hydrogens (tertiary/aromatic N) is 3. The molecule has 5 rings (SSSR count). The van der Waals surface area contributed by atoms with E-state index in [9.17, 15) is 18.4 Å². The van der Waals surface area contributed by atoms with Crippen LogP contribution in [0.4, 0.5) is 18.9 Å². The molecule has 0 aromatic carbocycles. The maximum absolute atomic E-state index is 15.1. The van der Waals surface area contributed by atoms with E-state index in [2.05, 4.69) is 0 Å². The van der Waals surface area contributed by atoms with E-state index in [1.165, 1.54) is 0 Å². The SMILES string of the molecule is Cc1c(N2CCC(C3(N)CC3(F)F)C2)c(F)cn2c(=O)n(N)c(=O)c(C3CC3)c12. The summed E-state index contributed by atoms with van der Waals surface area (Å²) in [6.07, 6.45) is 2.71. The number of aromatic nitrogens is 2. The van der Waals surface area contributed by atoms with Gasteiger partial charge in [-0.25, -0.2) is 18.0 Å². The summed E-state index contributed by atoms with van der Waals surface area (Å²) in [6.45, 7) is 2.23. The average Bonchev–Trinajstić information content (AvgIpc) is 3.50. The smallest absolute Gasteiger partial charge is 0.354 e. The molecule has 10 heteroatoms. The fourth-order valence-electron chi connectivity index (χ4n) is 4.91. The van der Waals surface area contributed by atoms with Gasteiger partial charge in [0.15, 0.2) is 5.82 Å². The van der Waals surface area contributed by atoms with E-state index in [-0.39, 0.29) is 24.6 Å². The molecule has 29 heavy (non-hydrogen) atoms. The van der Waals surface area contributed by atoms with Crippen molar-refractivity contribution in [1.82, 2.24) is 9.08 Å². The van der Waals surface area contributed by atoms with Gasteiger partial charge in [-0.2, -0.15) is 4.68 Å². The molecule has 2 aromatic rings. The summed E-state index contributed by atoms with van der Waals surface area (Å²) in [6, 6.07) is 0. The van der Waals surface area contributed by atoms with Crippen LogP contribution in [0.3, 0.4) is 0 Å². The molecular formula is C19H22F3N5O2. The molecule has 156 valence electrons. The summed E-state index contributed by atoms with van der Waals surface area (Å²) in [5.41, 5.74) is 4.41. The number of pyridine rings is 1. The van der Waals surface area contributed by atoms with Crippen molar-refractivity contribution in [2.45, 2.75) is 50.0 Å². The minimum absolute atomic E-state index is 0.0197. The first kappa shape index (κ1) is 18.5. The molecule has 0 bridgehead atoms. The predicted molar refractivity (Wildman–Crippen MR) is 102 cm³/mol. The molecule has 7 nitrogen and oxygen atoms in total.